The van der Waals surface area contributed by atoms with Gasteiger partial charge in [-0.25, -0.2) is 9.97 Å². The lowest BCUT2D eigenvalue weighted by Crippen LogP contribution is -2.80. The van der Waals surface area contributed by atoms with Crippen molar-refractivity contribution in [2.24, 2.45) is 102 Å². The molecule has 0 radical (unpaired) electrons. The van der Waals surface area contributed by atoms with Crippen molar-refractivity contribution >= 4 is 17.7 Å². The van der Waals surface area contributed by atoms with Crippen LogP contribution in [0.5, 0.6) is 0 Å². The molecule has 16 N–H and O–H groups in total. The van der Waals surface area contributed by atoms with Crippen LogP contribution >= 0.6 is 0 Å². The van der Waals surface area contributed by atoms with Crippen molar-refractivity contribution in [2.45, 2.75) is 172 Å². The van der Waals surface area contributed by atoms with E-state index in [0.717, 1.165) is 29.9 Å². The van der Waals surface area contributed by atoms with Crippen molar-refractivity contribution in [1.29, 1.82) is 0 Å². The SMILES string of the molecule is CNCC(C(N)O)C(O)C(c1cnc[nH]1)C1NC(=O)C23CCCC2C#CC2C=C4C5CC(C)(CO)CCC5(C(=O)O)C5CNc6nc[nH]c6CC5C45CCCC24C2(C)C(CC13)C(O)C(OC1OCC(O)C(O)C1O)C(C)(CO)C2CCC54C. The van der Waals surface area contributed by atoms with E-state index in [1.54, 1.807) is 19.6 Å². The number of amides is 1. The molecule has 5 heterocycles. The van der Waals surface area contributed by atoms with Gasteiger partial charge in [0.25, 0.3) is 0 Å². The quantitative estimate of drug-likeness (QED) is 0.0623. The molecule has 13 rings (SSSR count). The van der Waals surface area contributed by atoms with E-state index in [1.165, 1.54) is 6.33 Å². The monoisotopic (exact) mass is 1150 g/mol. The molecule has 2 aromatic rings. The third-order valence-corrected chi connectivity index (χ3v) is 26.6. The zero-order valence-corrected chi connectivity index (χ0v) is 48.6. The molecule has 2 aromatic heterocycles. The first-order chi connectivity index (χ1) is 39.5. The number of anilines is 1. The number of hydrogen-bond donors (Lipinski definition) is 15. The number of aliphatic carboxylic acids is 1. The molecule has 1 amide bonds. The Morgan fingerprint density at radius 1 is 0.928 bits per heavy atom. The van der Waals surface area contributed by atoms with Gasteiger partial charge in [-0.3, -0.25) is 9.59 Å². The van der Waals surface area contributed by atoms with Gasteiger partial charge in [0.05, 0.1) is 60.7 Å². The van der Waals surface area contributed by atoms with Gasteiger partial charge in [0.15, 0.2) is 6.29 Å². The molecule has 27 atom stereocenters. The van der Waals surface area contributed by atoms with Crippen molar-refractivity contribution in [3.05, 3.63) is 41.9 Å². The third kappa shape index (κ3) is 7.38. The number of aromatic nitrogens is 4. The Kier molecular flexibility index (Phi) is 14.0. The van der Waals surface area contributed by atoms with E-state index < -0.39 is 158 Å². The number of rotatable bonds is 12. The minimum Gasteiger partial charge on any atom is -0.481 e. The summed E-state index contributed by atoms with van der Waals surface area (Å²) in [4.78, 5) is 46.6. The number of H-pyrrole nitrogens is 2. The van der Waals surface area contributed by atoms with Crippen molar-refractivity contribution in [3.8, 4) is 11.8 Å². The van der Waals surface area contributed by atoms with E-state index in [2.05, 4.69) is 69.6 Å². The number of carbonyl (C=O) groups is 2. The Hall–Kier alpha value is -4.02. The molecule has 21 nitrogen and oxygen atoms in total. The molecule has 11 aliphatic rings. The van der Waals surface area contributed by atoms with Crippen LogP contribution in [-0.4, -0.2) is 173 Å². The molecular formula is C62H90N8O13. The number of nitrogens with one attached hydrogen (secondary N) is 5. The number of nitrogens with two attached hydrogens (primary N) is 1. The van der Waals surface area contributed by atoms with Gasteiger partial charge in [0, 0.05) is 72.1 Å². The Labute approximate surface area is 485 Å². The number of aliphatic hydroxyl groups excluding tert-OH is 8. The summed E-state index contributed by atoms with van der Waals surface area (Å²) in [5.41, 5.74) is 1.56. The van der Waals surface area contributed by atoms with Gasteiger partial charge < -0.3 is 87.1 Å². The first-order valence-electron chi connectivity index (χ1n) is 31.0. The Morgan fingerprint density at radius 3 is 2.43 bits per heavy atom. The number of allylic oxidation sites excluding steroid dienone is 2. The number of hydrogen-bond acceptors (Lipinski definition) is 17. The van der Waals surface area contributed by atoms with Crippen LogP contribution in [0.4, 0.5) is 5.82 Å². The van der Waals surface area contributed by atoms with Crippen molar-refractivity contribution in [1.82, 2.24) is 30.6 Å². The van der Waals surface area contributed by atoms with Crippen molar-refractivity contribution in [2.75, 3.05) is 45.3 Å². The Balaban J connectivity index is 1.09. The fourth-order valence-corrected chi connectivity index (χ4v) is 23.0. The topological polar surface area (TPSA) is 354 Å². The molecular weight excluding hydrogens is 1060 g/mol. The predicted molar refractivity (Wildman–Crippen MR) is 299 cm³/mol. The molecule has 27 unspecified atom stereocenters. The highest BCUT2D eigenvalue weighted by atomic mass is 16.7. The van der Waals surface area contributed by atoms with Gasteiger partial charge in [-0.2, -0.15) is 0 Å². The van der Waals surface area contributed by atoms with Crippen LogP contribution in [0, 0.1) is 108 Å². The summed E-state index contributed by atoms with van der Waals surface area (Å²) >= 11 is 0. The first-order valence-corrected chi connectivity index (χ1v) is 31.0. The highest BCUT2D eigenvalue weighted by Crippen LogP contribution is 2.87. The van der Waals surface area contributed by atoms with Gasteiger partial charge >= 0.3 is 5.97 Å². The average molecular weight is 1160 g/mol. The maximum atomic E-state index is 15.8. The van der Waals surface area contributed by atoms with E-state index >= 15 is 4.79 Å². The summed E-state index contributed by atoms with van der Waals surface area (Å²) in [7, 11) is 1.71. The lowest BCUT2D eigenvalue weighted by atomic mass is 9.21. The van der Waals surface area contributed by atoms with Crippen LogP contribution in [0.1, 0.15) is 122 Å². The number of aliphatic hydroxyl groups is 8. The van der Waals surface area contributed by atoms with Crippen LogP contribution in [0.15, 0.2) is 30.5 Å². The first kappa shape index (κ1) is 58.0. The predicted octanol–water partition coefficient (Wildman–Crippen LogP) is 1.73. The number of nitrogens with zero attached hydrogens (tertiary/aromatic N) is 2. The largest absolute Gasteiger partial charge is 0.481 e. The summed E-state index contributed by atoms with van der Waals surface area (Å²) in [5, 5.41) is 118. The van der Waals surface area contributed by atoms with E-state index in [-0.39, 0.29) is 43.9 Å². The average Bonchev–Trinajstić information content (AvgIpc) is 0.819. The third-order valence-electron chi connectivity index (χ3n) is 26.6. The van der Waals surface area contributed by atoms with Crippen LogP contribution in [0.25, 0.3) is 0 Å². The number of carboxylic acids is 1. The van der Waals surface area contributed by atoms with Gasteiger partial charge in [-0.15, -0.1) is 0 Å². The maximum absolute atomic E-state index is 15.8. The molecule has 6 saturated carbocycles. The zero-order valence-electron chi connectivity index (χ0n) is 48.6. The van der Waals surface area contributed by atoms with Gasteiger partial charge in [-0.1, -0.05) is 64.0 Å². The second-order valence-corrected chi connectivity index (χ2v) is 29.1. The lowest BCUT2D eigenvalue weighted by Gasteiger charge is -2.83. The molecule has 8 fully saturated rings. The van der Waals surface area contributed by atoms with Crippen LogP contribution < -0.4 is 21.7 Å². The number of imidazole rings is 2. The summed E-state index contributed by atoms with van der Waals surface area (Å²) in [6.07, 6.45) is 2.77. The zero-order chi connectivity index (χ0) is 58.8. The number of fused-ring (bicyclic) bond motifs is 5. The highest BCUT2D eigenvalue weighted by Gasteiger charge is 2.84. The Morgan fingerprint density at radius 2 is 1.72 bits per heavy atom. The second-order valence-electron chi connectivity index (χ2n) is 29.1. The molecule has 21 heteroatoms. The summed E-state index contributed by atoms with van der Waals surface area (Å²) < 4.78 is 12.9. The molecule has 2 saturated heterocycles. The number of carboxylic acid groups (broad SMARTS) is 1. The van der Waals surface area contributed by atoms with Crippen molar-refractivity contribution < 1.29 is 65.0 Å². The number of aromatic amines is 2. The fraction of sp³-hybridized carbons (Fsp3) is 0.806. The van der Waals surface area contributed by atoms with Gasteiger partial charge in [-0.05, 0) is 135 Å². The van der Waals surface area contributed by atoms with E-state index in [4.69, 9.17) is 20.2 Å². The van der Waals surface area contributed by atoms with Gasteiger partial charge in [0.1, 0.15) is 30.4 Å². The van der Waals surface area contributed by atoms with Crippen molar-refractivity contribution in [3.63, 3.8) is 0 Å². The molecule has 3 aliphatic heterocycles. The number of ether oxygens (including phenoxy) is 2. The Bertz CT molecular complexity index is 2930. The standard InChI is InChI=1S/C62H90N8O13/c1-55(26-71)16-17-60(54(80)81)37(21-55)33-18-31-10-9-30-8-6-12-59(30)35(44(70-53(59)79)43(40-24-65-28-67-40)45(74)32(22-64-5)50(63)78)19-36-46(75)49(83-52-48(77)47(76)41(73)25-82-52)56(2,27-72)42-11-15-57(3)61(33,13-7-14-62(31,57)58(36,42)4)34-20-39-51(69-29-68-39)66-23-38(34)60/h18,24,28-32,34-38,41-50,52,64,66,71-78H,6-8,11-17,19-23,25-27,63H2,1-5H3,(H,65,67)(H,68,69)(H,70,79)(H,80,81). The maximum Gasteiger partial charge on any atom is 0.310 e. The molecule has 83 heavy (non-hydrogen) atoms. The van der Waals surface area contributed by atoms with Crippen LogP contribution in [0.3, 0.4) is 0 Å². The number of carbonyl (C=O) groups excluding carboxylic acids is 1. The van der Waals surface area contributed by atoms with Crippen LogP contribution in [-0.2, 0) is 25.5 Å². The highest BCUT2D eigenvalue weighted by molar-refractivity contribution is 5.87. The fourth-order valence-electron chi connectivity index (χ4n) is 23.0. The molecule has 8 aliphatic carbocycles. The smallest absolute Gasteiger partial charge is 0.310 e. The minimum absolute atomic E-state index is 0.0925. The lowest BCUT2D eigenvalue weighted by molar-refractivity contribution is -0.366. The molecule has 3 spiro atoms. The summed E-state index contributed by atoms with van der Waals surface area (Å²) in [6, 6.07) is -0.825. The molecule has 456 valence electrons. The van der Waals surface area contributed by atoms with E-state index in [1.807, 2.05) is 6.92 Å². The summed E-state index contributed by atoms with van der Waals surface area (Å²) in [6.45, 7) is 8.45. The summed E-state index contributed by atoms with van der Waals surface area (Å²) in [5.74, 6) is 1.92. The molecule has 0 aromatic carbocycles. The normalized spacial score (nSPS) is 49.7. The minimum atomic E-state index is -1.71. The second kappa shape index (κ2) is 20.0. The molecule has 2 bridgehead atoms. The van der Waals surface area contributed by atoms with E-state index in [9.17, 15) is 50.8 Å². The van der Waals surface area contributed by atoms with E-state index in [0.29, 0.717) is 76.4 Å². The van der Waals surface area contributed by atoms with Gasteiger partial charge in [0.2, 0.25) is 5.91 Å². The van der Waals surface area contributed by atoms with Crippen LogP contribution in [0.2, 0.25) is 0 Å².